The number of halogens is 4. The molecule has 0 radical (unpaired) electrons. The van der Waals surface area contributed by atoms with Crippen LogP contribution in [0.1, 0.15) is 33.4 Å². The second kappa shape index (κ2) is 8.76. The number of ether oxygens (including phenoxy) is 1. The molecule has 5 nitrogen and oxygen atoms in total. The van der Waals surface area contributed by atoms with Gasteiger partial charge in [-0.3, -0.25) is 4.79 Å². The van der Waals surface area contributed by atoms with Gasteiger partial charge in [-0.05, 0) is 46.8 Å². The van der Waals surface area contributed by atoms with E-state index in [2.05, 4.69) is 4.74 Å². The first-order valence-electron chi connectivity index (χ1n) is 8.89. The number of amides is 1. The fourth-order valence-corrected chi connectivity index (χ4v) is 3.41. The maximum Gasteiger partial charge on any atom is 0.397 e. The highest BCUT2D eigenvalue weighted by Gasteiger charge is 2.28. The molecule has 0 aliphatic heterocycles. The Morgan fingerprint density at radius 1 is 1.10 bits per heavy atom. The Bertz CT molecular complexity index is 1120. The number of carboxylic acid groups (broad SMARTS) is 1. The third-order valence-electron chi connectivity index (χ3n) is 4.23. The summed E-state index contributed by atoms with van der Waals surface area (Å²) in [6.07, 6.45) is -3.94. The number of rotatable bonds is 7. The molecule has 10 heteroatoms. The van der Waals surface area contributed by atoms with Gasteiger partial charge in [-0.2, -0.15) is 8.78 Å². The van der Waals surface area contributed by atoms with Crippen molar-refractivity contribution < 1.29 is 37.0 Å². The van der Waals surface area contributed by atoms with Crippen LogP contribution in [0.15, 0.2) is 47.8 Å². The van der Waals surface area contributed by atoms with E-state index in [0.29, 0.717) is 0 Å². The lowest BCUT2D eigenvalue weighted by atomic mass is 10.0. The molecular weight excluding hydrogens is 438 g/mol. The number of anilines is 1. The van der Waals surface area contributed by atoms with Crippen LogP contribution in [0, 0.1) is 11.6 Å². The van der Waals surface area contributed by atoms with Crippen molar-refractivity contribution in [3.8, 4) is 16.9 Å². The molecule has 162 valence electrons. The Labute approximate surface area is 177 Å². The molecule has 31 heavy (non-hydrogen) atoms. The van der Waals surface area contributed by atoms with Gasteiger partial charge in [0.2, 0.25) is 0 Å². The number of carbonyl (C=O) groups excluding carboxylic acids is 1. The van der Waals surface area contributed by atoms with Crippen LogP contribution in [0.2, 0.25) is 0 Å². The van der Waals surface area contributed by atoms with Crippen LogP contribution in [0.4, 0.5) is 23.2 Å². The monoisotopic (exact) mass is 453 g/mol. The molecular formula is C21H15F4NO4S. The molecule has 0 saturated carbocycles. The van der Waals surface area contributed by atoms with E-state index in [9.17, 15) is 27.2 Å². The van der Waals surface area contributed by atoms with Crippen molar-refractivity contribution in [1.82, 2.24) is 0 Å². The lowest BCUT2D eigenvalue weighted by molar-refractivity contribution is -0.177. The highest BCUT2D eigenvalue weighted by Crippen LogP contribution is 2.32. The quantitative estimate of drug-likeness (QED) is 0.429. The van der Waals surface area contributed by atoms with Gasteiger partial charge in [-0.25, -0.2) is 13.6 Å². The molecule has 0 atom stereocenters. The molecule has 3 aromatic rings. The fourth-order valence-electron chi connectivity index (χ4n) is 2.68. The summed E-state index contributed by atoms with van der Waals surface area (Å²) in [6, 6.07) is 8.41. The third kappa shape index (κ3) is 5.02. The molecule has 0 aliphatic carbocycles. The van der Waals surface area contributed by atoms with Crippen LogP contribution >= 0.6 is 11.3 Å². The van der Waals surface area contributed by atoms with Crippen molar-refractivity contribution in [3.05, 3.63) is 69.9 Å². The molecule has 2 aromatic carbocycles. The van der Waals surface area contributed by atoms with E-state index < -0.39 is 41.7 Å². The maximum absolute atomic E-state index is 14.6. The summed E-state index contributed by atoms with van der Waals surface area (Å²) in [6.45, 7) is 1.25. The summed E-state index contributed by atoms with van der Waals surface area (Å²) in [5.41, 5.74) is -0.755. The zero-order chi connectivity index (χ0) is 22.8. The largest absolute Gasteiger partial charge is 0.477 e. The minimum Gasteiger partial charge on any atom is -0.477 e. The summed E-state index contributed by atoms with van der Waals surface area (Å²) < 4.78 is 60.6. The van der Waals surface area contributed by atoms with Crippen LogP contribution in [-0.4, -0.2) is 23.1 Å². The summed E-state index contributed by atoms with van der Waals surface area (Å²) >= 11 is 0.798. The Balaban J connectivity index is 1.88. The van der Waals surface area contributed by atoms with Gasteiger partial charge in [-0.15, -0.1) is 11.3 Å². The van der Waals surface area contributed by atoms with E-state index >= 15 is 0 Å². The topological polar surface area (TPSA) is 75.6 Å². The number of hydrogen-bond acceptors (Lipinski definition) is 4. The number of nitrogens with one attached hydrogen (secondary N) is 1. The summed E-state index contributed by atoms with van der Waals surface area (Å²) in [5.74, 6) is -4.75. The SMILES string of the molecule is CCC(F)(F)Oc1cccc(-c2cc(F)c(NC(=O)c3ccsc3C(=O)O)c(F)c2)c1. The Morgan fingerprint density at radius 3 is 2.39 bits per heavy atom. The number of aromatic carboxylic acids is 1. The van der Waals surface area contributed by atoms with Gasteiger partial charge in [0.25, 0.3) is 5.91 Å². The number of thiophene rings is 1. The van der Waals surface area contributed by atoms with E-state index in [1.807, 2.05) is 5.32 Å². The molecule has 0 unspecified atom stereocenters. The van der Waals surface area contributed by atoms with Crippen LogP contribution in [-0.2, 0) is 0 Å². The number of hydrogen-bond donors (Lipinski definition) is 2. The Kier molecular flexibility index (Phi) is 6.30. The third-order valence-corrected chi connectivity index (χ3v) is 5.13. The normalized spacial score (nSPS) is 11.3. The molecule has 0 bridgehead atoms. The van der Waals surface area contributed by atoms with Crippen LogP contribution < -0.4 is 10.1 Å². The zero-order valence-electron chi connectivity index (χ0n) is 15.9. The average molecular weight is 453 g/mol. The maximum atomic E-state index is 14.6. The van der Waals surface area contributed by atoms with E-state index in [0.717, 1.165) is 23.5 Å². The van der Waals surface area contributed by atoms with Gasteiger partial charge in [0.15, 0.2) is 0 Å². The zero-order valence-corrected chi connectivity index (χ0v) is 16.7. The number of alkyl halides is 2. The molecule has 2 N–H and O–H groups in total. The number of carbonyl (C=O) groups is 2. The van der Waals surface area contributed by atoms with Crippen molar-refractivity contribution in [3.63, 3.8) is 0 Å². The Morgan fingerprint density at radius 2 is 1.77 bits per heavy atom. The molecule has 1 aromatic heterocycles. The standard InChI is InChI=1S/C21H15F4NO4S/c1-2-21(24,25)30-13-5-3-4-11(8-13)12-9-15(22)17(16(23)10-12)26-19(27)14-6-7-31-18(14)20(28)29/h3-10H,2H2,1H3,(H,26,27)(H,28,29). The highest BCUT2D eigenvalue weighted by atomic mass is 32.1. The predicted molar refractivity (Wildman–Crippen MR) is 107 cm³/mol. The average Bonchev–Trinajstić information content (AvgIpc) is 3.21. The minimum atomic E-state index is -3.39. The first-order chi connectivity index (χ1) is 14.6. The summed E-state index contributed by atoms with van der Waals surface area (Å²) in [7, 11) is 0. The van der Waals surface area contributed by atoms with Gasteiger partial charge in [0.05, 0.1) is 5.56 Å². The lowest BCUT2D eigenvalue weighted by Gasteiger charge is -2.17. The molecule has 0 saturated heterocycles. The first kappa shape index (κ1) is 22.3. The van der Waals surface area contributed by atoms with Crippen molar-refractivity contribution >= 4 is 28.9 Å². The fraction of sp³-hybridized carbons (Fsp3) is 0.143. The van der Waals surface area contributed by atoms with Gasteiger partial charge in [-0.1, -0.05) is 19.1 Å². The predicted octanol–water partition coefficient (Wildman–Crippen LogP) is 6.03. The molecule has 0 aliphatic rings. The molecule has 0 spiro atoms. The summed E-state index contributed by atoms with van der Waals surface area (Å²) in [5, 5.41) is 12.5. The number of benzene rings is 2. The number of carboxylic acids is 1. The first-order valence-corrected chi connectivity index (χ1v) is 9.77. The Hall–Kier alpha value is -3.40. The molecule has 1 heterocycles. The second-order valence-corrected chi connectivity index (χ2v) is 7.27. The molecule has 1 amide bonds. The van der Waals surface area contributed by atoms with Crippen LogP contribution in [0.5, 0.6) is 5.75 Å². The van der Waals surface area contributed by atoms with Gasteiger partial charge in [0, 0.05) is 6.42 Å². The van der Waals surface area contributed by atoms with Crippen LogP contribution in [0.25, 0.3) is 11.1 Å². The highest BCUT2D eigenvalue weighted by molar-refractivity contribution is 7.12. The van der Waals surface area contributed by atoms with Crippen molar-refractivity contribution in [2.24, 2.45) is 0 Å². The van der Waals surface area contributed by atoms with E-state index in [1.54, 1.807) is 0 Å². The van der Waals surface area contributed by atoms with Crippen molar-refractivity contribution in [2.45, 2.75) is 19.5 Å². The van der Waals surface area contributed by atoms with Gasteiger partial charge in [0.1, 0.15) is 27.9 Å². The van der Waals surface area contributed by atoms with E-state index in [1.165, 1.54) is 42.6 Å². The lowest BCUT2D eigenvalue weighted by Crippen LogP contribution is -2.23. The van der Waals surface area contributed by atoms with Crippen molar-refractivity contribution in [2.75, 3.05) is 5.32 Å². The minimum absolute atomic E-state index is 0.0278. The van der Waals surface area contributed by atoms with Gasteiger partial charge >= 0.3 is 12.1 Å². The van der Waals surface area contributed by atoms with E-state index in [-0.39, 0.29) is 27.3 Å². The smallest absolute Gasteiger partial charge is 0.397 e. The second-order valence-electron chi connectivity index (χ2n) is 6.36. The van der Waals surface area contributed by atoms with E-state index in [4.69, 9.17) is 5.11 Å². The molecule has 3 rings (SSSR count). The van der Waals surface area contributed by atoms with Crippen molar-refractivity contribution in [1.29, 1.82) is 0 Å². The molecule has 0 fully saturated rings. The van der Waals surface area contributed by atoms with Crippen LogP contribution in [0.3, 0.4) is 0 Å². The van der Waals surface area contributed by atoms with Gasteiger partial charge < -0.3 is 15.2 Å². The summed E-state index contributed by atoms with van der Waals surface area (Å²) in [4.78, 5) is 23.1.